The van der Waals surface area contributed by atoms with Crippen LogP contribution in [0.4, 0.5) is 5.69 Å². The quantitative estimate of drug-likeness (QED) is 0.350. The molecule has 0 spiro atoms. The van der Waals surface area contributed by atoms with Gasteiger partial charge in [0.25, 0.3) is 0 Å². The molecule has 0 radical (unpaired) electrons. The molecule has 5 rings (SSSR count). The van der Waals surface area contributed by atoms with Crippen LogP contribution in [0.5, 0.6) is 5.75 Å². The molecule has 4 aromatic carbocycles. The fourth-order valence-corrected chi connectivity index (χ4v) is 3.88. The summed E-state index contributed by atoms with van der Waals surface area (Å²) in [6.07, 6.45) is 1.93. The van der Waals surface area contributed by atoms with Crippen LogP contribution in [0.3, 0.4) is 0 Å². The molecule has 1 aromatic heterocycles. The van der Waals surface area contributed by atoms with Gasteiger partial charge in [0.05, 0.1) is 6.54 Å². The first-order valence-electron chi connectivity index (χ1n) is 9.40. The van der Waals surface area contributed by atoms with Crippen LogP contribution in [-0.4, -0.2) is 10.1 Å². The third kappa shape index (κ3) is 2.78. The second-order valence-corrected chi connectivity index (χ2v) is 6.94. The zero-order valence-corrected chi connectivity index (χ0v) is 15.3. The summed E-state index contributed by atoms with van der Waals surface area (Å²) < 4.78 is 0. The van der Waals surface area contributed by atoms with Gasteiger partial charge in [-0.05, 0) is 45.8 Å². The highest BCUT2D eigenvalue weighted by molar-refractivity contribution is 6.11. The van der Waals surface area contributed by atoms with E-state index in [9.17, 15) is 5.11 Å². The molecule has 0 aliphatic rings. The number of nitrogens with one attached hydrogen (secondary N) is 2. The summed E-state index contributed by atoms with van der Waals surface area (Å²) in [5.74, 6) is 0.290. The van der Waals surface area contributed by atoms with Crippen LogP contribution in [-0.2, 0) is 6.54 Å². The van der Waals surface area contributed by atoms with Crippen molar-refractivity contribution in [2.75, 3.05) is 5.32 Å². The standard InChI is InChI=1S/C25H20N2O/c28-23-14-12-18-7-2-4-10-21(18)25(23)24-20-9-3-1-6-17(20)11-13-22(24)27-16-19-8-5-15-26-19/h1-15,26-28H,16H2. The molecule has 0 aliphatic heterocycles. The van der Waals surface area contributed by atoms with Gasteiger partial charge >= 0.3 is 0 Å². The van der Waals surface area contributed by atoms with Crippen LogP contribution in [0.15, 0.2) is 91.1 Å². The van der Waals surface area contributed by atoms with E-state index >= 15 is 0 Å². The maximum atomic E-state index is 10.9. The molecule has 136 valence electrons. The number of hydrogen-bond donors (Lipinski definition) is 3. The Morgan fingerprint density at radius 2 is 1.36 bits per heavy atom. The van der Waals surface area contributed by atoms with E-state index in [-0.39, 0.29) is 5.75 Å². The first-order chi connectivity index (χ1) is 13.8. The van der Waals surface area contributed by atoms with Gasteiger partial charge in [0.15, 0.2) is 0 Å². The van der Waals surface area contributed by atoms with E-state index in [1.807, 2.05) is 42.6 Å². The number of anilines is 1. The summed E-state index contributed by atoms with van der Waals surface area (Å²) in [7, 11) is 0. The van der Waals surface area contributed by atoms with Crippen LogP contribution in [0.25, 0.3) is 32.7 Å². The molecular formula is C25H20N2O. The Bertz CT molecular complexity index is 1270. The highest BCUT2D eigenvalue weighted by Crippen LogP contribution is 2.44. The Labute approximate surface area is 163 Å². The van der Waals surface area contributed by atoms with Crippen LogP contribution in [0.2, 0.25) is 0 Å². The minimum absolute atomic E-state index is 0.290. The smallest absolute Gasteiger partial charge is 0.124 e. The maximum absolute atomic E-state index is 10.9. The van der Waals surface area contributed by atoms with Crippen LogP contribution < -0.4 is 5.32 Å². The molecule has 28 heavy (non-hydrogen) atoms. The molecule has 3 nitrogen and oxygen atoms in total. The molecule has 0 bridgehead atoms. The van der Waals surface area contributed by atoms with Gasteiger partial charge in [-0.2, -0.15) is 0 Å². The van der Waals surface area contributed by atoms with Gasteiger partial charge in [-0.3, -0.25) is 0 Å². The summed E-state index contributed by atoms with van der Waals surface area (Å²) in [5.41, 5.74) is 4.00. The first-order valence-corrected chi connectivity index (χ1v) is 9.40. The lowest BCUT2D eigenvalue weighted by Gasteiger charge is -2.18. The molecule has 3 N–H and O–H groups in total. The Morgan fingerprint density at radius 3 is 2.07 bits per heavy atom. The summed E-state index contributed by atoms with van der Waals surface area (Å²) in [6, 6.07) is 28.5. The van der Waals surface area contributed by atoms with Crippen molar-refractivity contribution in [3.63, 3.8) is 0 Å². The van der Waals surface area contributed by atoms with E-state index in [0.29, 0.717) is 6.54 Å². The zero-order chi connectivity index (χ0) is 18.9. The van der Waals surface area contributed by atoms with E-state index in [0.717, 1.165) is 44.1 Å². The highest BCUT2D eigenvalue weighted by atomic mass is 16.3. The number of rotatable bonds is 4. The Kier molecular flexibility index (Phi) is 3.99. The predicted octanol–water partition coefficient (Wildman–Crippen LogP) is 6.31. The van der Waals surface area contributed by atoms with E-state index in [4.69, 9.17) is 0 Å². The van der Waals surface area contributed by atoms with Crippen molar-refractivity contribution in [3.05, 3.63) is 96.8 Å². The van der Waals surface area contributed by atoms with Crippen molar-refractivity contribution in [2.45, 2.75) is 6.54 Å². The third-order valence-electron chi connectivity index (χ3n) is 5.22. The number of phenolic OH excluding ortho intramolecular Hbond substituents is 1. The van der Waals surface area contributed by atoms with Crippen LogP contribution in [0.1, 0.15) is 5.69 Å². The van der Waals surface area contributed by atoms with Crippen molar-refractivity contribution >= 4 is 27.2 Å². The summed E-state index contributed by atoms with van der Waals surface area (Å²) >= 11 is 0. The first kappa shape index (κ1) is 16.5. The molecule has 0 saturated heterocycles. The number of fused-ring (bicyclic) bond motifs is 2. The van der Waals surface area contributed by atoms with Gasteiger partial charge in [-0.15, -0.1) is 0 Å². The second-order valence-electron chi connectivity index (χ2n) is 6.94. The van der Waals surface area contributed by atoms with Gasteiger partial charge in [0.1, 0.15) is 5.75 Å². The molecule has 0 unspecified atom stereocenters. The number of phenols is 1. The summed E-state index contributed by atoms with van der Waals surface area (Å²) in [4.78, 5) is 3.23. The topological polar surface area (TPSA) is 48.0 Å². The molecule has 0 saturated carbocycles. The number of H-pyrrole nitrogens is 1. The minimum atomic E-state index is 0.290. The van der Waals surface area contributed by atoms with E-state index in [2.05, 4.69) is 52.8 Å². The zero-order valence-electron chi connectivity index (χ0n) is 15.3. The van der Waals surface area contributed by atoms with Gasteiger partial charge in [0.2, 0.25) is 0 Å². The number of hydrogen-bond acceptors (Lipinski definition) is 2. The van der Waals surface area contributed by atoms with Gasteiger partial charge < -0.3 is 15.4 Å². The fourth-order valence-electron chi connectivity index (χ4n) is 3.88. The van der Waals surface area contributed by atoms with Gasteiger partial charge in [-0.25, -0.2) is 0 Å². The Hall–Kier alpha value is -3.72. The minimum Gasteiger partial charge on any atom is -0.507 e. The third-order valence-corrected chi connectivity index (χ3v) is 5.22. The molecule has 5 aromatic rings. The lowest BCUT2D eigenvalue weighted by atomic mass is 9.91. The molecule has 0 fully saturated rings. The van der Waals surface area contributed by atoms with Crippen molar-refractivity contribution in [2.24, 2.45) is 0 Å². The number of benzene rings is 4. The van der Waals surface area contributed by atoms with Crippen molar-refractivity contribution in [1.82, 2.24) is 4.98 Å². The maximum Gasteiger partial charge on any atom is 0.124 e. The molecule has 0 atom stereocenters. The predicted molar refractivity (Wildman–Crippen MR) is 117 cm³/mol. The summed E-state index contributed by atoms with van der Waals surface area (Å²) in [6.45, 7) is 0.684. The largest absolute Gasteiger partial charge is 0.507 e. The SMILES string of the molecule is Oc1ccc2ccccc2c1-c1c(NCc2ccc[nH]2)ccc2ccccc12. The Balaban J connectivity index is 1.78. The van der Waals surface area contributed by atoms with Crippen molar-refractivity contribution < 1.29 is 5.11 Å². The van der Waals surface area contributed by atoms with E-state index < -0.39 is 0 Å². The molecule has 3 heteroatoms. The lowest BCUT2D eigenvalue weighted by molar-refractivity contribution is 0.478. The summed E-state index contributed by atoms with van der Waals surface area (Å²) in [5, 5.41) is 18.8. The Morgan fingerprint density at radius 1 is 0.679 bits per heavy atom. The normalized spacial score (nSPS) is 11.1. The fraction of sp³-hybridized carbons (Fsp3) is 0.0400. The monoisotopic (exact) mass is 364 g/mol. The second kappa shape index (κ2) is 6.78. The molecule has 0 aliphatic carbocycles. The molecular weight excluding hydrogens is 344 g/mol. The van der Waals surface area contributed by atoms with Crippen molar-refractivity contribution in [1.29, 1.82) is 0 Å². The lowest BCUT2D eigenvalue weighted by Crippen LogP contribution is -2.02. The number of aromatic nitrogens is 1. The van der Waals surface area contributed by atoms with Crippen LogP contribution in [0, 0.1) is 0 Å². The average molecular weight is 364 g/mol. The van der Waals surface area contributed by atoms with E-state index in [1.165, 1.54) is 0 Å². The average Bonchev–Trinajstić information content (AvgIpc) is 3.26. The van der Waals surface area contributed by atoms with Gasteiger partial charge in [-0.1, -0.05) is 60.7 Å². The van der Waals surface area contributed by atoms with Gasteiger partial charge in [0, 0.05) is 28.7 Å². The molecule has 1 heterocycles. The van der Waals surface area contributed by atoms with Crippen molar-refractivity contribution in [3.8, 4) is 16.9 Å². The number of aromatic hydroxyl groups is 1. The van der Waals surface area contributed by atoms with E-state index in [1.54, 1.807) is 6.07 Å². The molecule has 0 amide bonds. The highest BCUT2D eigenvalue weighted by Gasteiger charge is 2.16. The number of aromatic amines is 1. The van der Waals surface area contributed by atoms with Crippen LogP contribution >= 0.6 is 0 Å².